The van der Waals surface area contributed by atoms with Crippen molar-refractivity contribution >= 4 is 21.9 Å². The molecule has 0 heterocycles. The molecule has 0 aliphatic rings. The number of esters is 1. The second-order valence-corrected chi connectivity index (χ2v) is 9.27. The van der Waals surface area contributed by atoms with E-state index in [9.17, 15) is 18.0 Å². The molecule has 1 amide bonds. The van der Waals surface area contributed by atoms with Crippen molar-refractivity contribution in [2.45, 2.75) is 31.3 Å². The van der Waals surface area contributed by atoms with Crippen LogP contribution in [0.1, 0.15) is 31.1 Å². The number of carbonyl (C=O) groups excluding carboxylic acids is 2. The lowest BCUT2D eigenvalue weighted by molar-refractivity contribution is -0.155. The summed E-state index contributed by atoms with van der Waals surface area (Å²) in [5.41, 5.74) is -0.355. The number of hydrogen-bond donors (Lipinski definition) is 1. The van der Waals surface area contributed by atoms with Gasteiger partial charge in [-0.2, -0.15) is 4.31 Å². The molecule has 0 aromatic heterocycles. The van der Waals surface area contributed by atoms with Crippen molar-refractivity contribution in [2.24, 2.45) is 0 Å². The molecule has 152 valence electrons. The van der Waals surface area contributed by atoms with Crippen LogP contribution in [0.4, 0.5) is 0 Å². The zero-order chi connectivity index (χ0) is 20.8. The number of nitrogens with zero attached hydrogens (tertiary/aromatic N) is 2. The molecule has 27 heavy (non-hydrogen) atoms. The molecule has 0 aliphatic heterocycles. The molecule has 8 nitrogen and oxygen atoms in total. The Morgan fingerprint density at radius 3 is 2.07 bits per heavy atom. The van der Waals surface area contributed by atoms with Crippen LogP contribution in [0.2, 0.25) is 0 Å². The fourth-order valence-corrected chi connectivity index (χ4v) is 3.56. The van der Waals surface area contributed by atoms with Crippen molar-refractivity contribution in [2.75, 3.05) is 40.8 Å². The van der Waals surface area contributed by atoms with Crippen molar-refractivity contribution in [1.82, 2.24) is 14.5 Å². The number of amides is 1. The van der Waals surface area contributed by atoms with Gasteiger partial charge in [0.05, 0.1) is 4.90 Å². The van der Waals surface area contributed by atoms with E-state index in [1.54, 1.807) is 20.8 Å². The fraction of sp³-hybridized carbons (Fsp3) is 0.556. The van der Waals surface area contributed by atoms with Crippen LogP contribution in [0.25, 0.3) is 0 Å². The topological polar surface area (TPSA) is 96.0 Å². The summed E-state index contributed by atoms with van der Waals surface area (Å²) in [5.74, 6) is -0.927. The first-order chi connectivity index (χ1) is 12.4. The molecule has 0 spiro atoms. The van der Waals surface area contributed by atoms with E-state index in [0.717, 1.165) is 4.31 Å². The van der Waals surface area contributed by atoms with Gasteiger partial charge in [-0.3, -0.25) is 9.59 Å². The molecule has 0 atom stereocenters. The molecule has 1 aromatic carbocycles. The number of hydrogen-bond acceptors (Lipinski definition) is 6. The zero-order valence-electron chi connectivity index (χ0n) is 16.8. The molecule has 1 aromatic rings. The van der Waals surface area contributed by atoms with Gasteiger partial charge in [0.25, 0.3) is 5.91 Å². The fourth-order valence-electron chi connectivity index (χ4n) is 2.19. The highest BCUT2D eigenvalue weighted by atomic mass is 32.2. The second-order valence-electron chi connectivity index (χ2n) is 7.33. The first-order valence-electron chi connectivity index (χ1n) is 8.55. The molecule has 0 unspecified atom stereocenters. The Kier molecular flexibility index (Phi) is 7.94. The Morgan fingerprint density at radius 1 is 1.07 bits per heavy atom. The van der Waals surface area contributed by atoms with Crippen LogP contribution in [-0.4, -0.2) is 75.9 Å². The quantitative estimate of drug-likeness (QED) is 0.654. The van der Waals surface area contributed by atoms with E-state index in [0.29, 0.717) is 12.1 Å². The van der Waals surface area contributed by atoms with Crippen LogP contribution in [0, 0.1) is 0 Å². The van der Waals surface area contributed by atoms with Crippen molar-refractivity contribution in [3.05, 3.63) is 29.8 Å². The Bertz CT molecular complexity index is 752. The van der Waals surface area contributed by atoms with E-state index in [1.807, 2.05) is 19.0 Å². The first-order valence-corrected chi connectivity index (χ1v) is 9.99. The monoisotopic (exact) mass is 399 g/mol. The molecular weight excluding hydrogens is 370 g/mol. The van der Waals surface area contributed by atoms with Crippen molar-refractivity contribution in [3.63, 3.8) is 0 Å². The molecule has 9 heteroatoms. The van der Waals surface area contributed by atoms with Crippen LogP contribution < -0.4 is 5.32 Å². The third-order valence-corrected chi connectivity index (χ3v) is 5.36. The van der Waals surface area contributed by atoms with Gasteiger partial charge in [0.1, 0.15) is 12.1 Å². The summed E-state index contributed by atoms with van der Waals surface area (Å²) >= 11 is 0. The van der Waals surface area contributed by atoms with Crippen LogP contribution >= 0.6 is 0 Å². The molecule has 0 saturated heterocycles. The Hall–Kier alpha value is -1.97. The lowest BCUT2D eigenvalue weighted by atomic mass is 10.2. The van der Waals surface area contributed by atoms with Crippen molar-refractivity contribution < 1.29 is 22.7 Å². The number of carbonyl (C=O) groups is 2. The zero-order valence-corrected chi connectivity index (χ0v) is 17.6. The second kappa shape index (κ2) is 9.29. The van der Waals surface area contributed by atoms with E-state index in [-0.39, 0.29) is 23.9 Å². The van der Waals surface area contributed by atoms with Gasteiger partial charge in [0.2, 0.25) is 10.0 Å². The number of ether oxygens (including phenoxy) is 1. The van der Waals surface area contributed by atoms with Crippen molar-refractivity contribution in [3.8, 4) is 0 Å². The molecule has 1 rings (SSSR count). The maximum atomic E-state index is 13.0. The number of rotatable bonds is 8. The molecule has 0 aliphatic carbocycles. The normalized spacial score (nSPS) is 12.3. The maximum Gasteiger partial charge on any atom is 0.321 e. The van der Waals surface area contributed by atoms with E-state index in [1.165, 1.54) is 31.3 Å². The highest BCUT2D eigenvalue weighted by molar-refractivity contribution is 7.89. The number of likely N-dealkylation sites (N-methyl/N-ethyl adjacent to an activating group) is 1. The highest BCUT2D eigenvalue weighted by Crippen LogP contribution is 2.17. The summed E-state index contributed by atoms with van der Waals surface area (Å²) in [4.78, 5) is 25.6. The van der Waals surface area contributed by atoms with Gasteiger partial charge in [-0.15, -0.1) is 0 Å². The van der Waals surface area contributed by atoms with Gasteiger partial charge in [-0.1, -0.05) is 0 Å². The highest BCUT2D eigenvalue weighted by Gasteiger charge is 2.29. The van der Waals surface area contributed by atoms with Gasteiger partial charge < -0.3 is 15.0 Å². The summed E-state index contributed by atoms with van der Waals surface area (Å²) in [6, 6.07) is 5.59. The Labute approximate surface area is 161 Å². The van der Waals surface area contributed by atoms with Crippen molar-refractivity contribution in [1.29, 1.82) is 0 Å². The third kappa shape index (κ3) is 7.28. The summed E-state index contributed by atoms with van der Waals surface area (Å²) in [7, 11) is 1.21. The lowest BCUT2D eigenvalue weighted by Crippen LogP contribution is -2.41. The molecular formula is C18H29N3O5S. The van der Waals surface area contributed by atoms with Gasteiger partial charge in [0.15, 0.2) is 0 Å². The van der Waals surface area contributed by atoms with Gasteiger partial charge in [-0.25, -0.2) is 8.42 Å². The Balaban J connectivity index is 3.10. The van der Waals surface area contributed by atoms with Crippen LogP contribution in [-0.2, 0) is 19.6 Å². The smallest absolute Gasteiger partial charge is 0.321 e. The maximum absolute atomic E-state index is 13.0. The number of nitrogens with one attached hydrogen (secondary N) is 1. The minimum Gasteiger partial charge on any atom is -0.459 e. The third-order valence-electron chi connectivity index (χ3n) is 3.50. The SMILES string of the molecule is CNC(=O)c1ccc(S(=O)(=O)N(CCN(C)C)CC(=O)OC(C)(C)C)cc1. The molecule has 1 N–H and O–H groups in total. The van der Waals surface area contributed by atoms with E-state index < -0.39 is 21.6 Å². The van der Waals surface area contributed by atoms with Gasteiger partial charge in [0, 0.05) is 25.7 Å². The van der Waals surface area contributed by atoms with E-state index in [4.69, 9.17) is 4.74 Å². The van der Waals surface area contributed by atoms with E-state index in [2.05, 4.69) is 5.32 Å². The average Bonchev–Trinajstić information content (AvgIpc) is 2.56. The minimum absolute atomic E-state index is 0.0115. The molecule has 0 saturated carbocycles. The lowest BCUT2D eigenvalue weighted by Gasteiger charge is -2.25. The predicted octanol–water partition coefficient (Wildman–Crippen LogP) is 0.940. The average molecular weight is 400 g/mol. The molecule has 0 fully saturated rings. The standard InChI is InChI=1S/C18H29N3O5S/c1-18(2,3)26-16(22)13-21(12-11-20(5)6)27(24,25)15-9-7-14(8-10-15)17(23)19-4/h7-10H,11-13H2,1-6H3,(H,19,23). The summed E-state index contributed by atoms with van der Waals surface area (Å²) in [6.07, 6.45) is 0. The number of sulfonamides is 1. The van der Waals surface area contributed by atoms with Crippen LogP contribution in [0.15, 0.2) is 29.2 Å². The minimum atomic E-state index is -3.92. The number of benzene rings is 1. The summed E-state index contributed by atoms with van der Waals surface area (Å²) in [6.45, 7) is 5.36. The van der Waals surface area contributed by atoms with Crippen LogP contribution in [0.5, 0.6) is 0 Å². The van der Waals surface area contributed by atoms with Crippen LogP contribution in [0.3, 0.4) is 0 Å². The summed E-state index contributed by atoms with van der Waals surface area (Å²) < 4.78 is 32.3. The predicted molar refractivity (Wildman–Crippen MR) is 103 cm³/mol. The van der Waals surface area contributed by atoms with Gasteiger partial charge in [-0.05, 0) is 59.1 Å². The Morgan fingerprint density at radius 2 is 1.63 bits per heavy atom. The summed E-state index contributed by atoms with van der Waals surface area (Å²) in [5, 5.41) is 2.48. The largest absolute Gasteiger partial charge is 0.459 e. The molecule has 0 bridgehead atoms. The van der Waals surface area contributed by atoms with E-state index >= 15 is 0 Å². The van der Waals surface area contributed by atoms with Gasteiger partial charge >= 0.3 is 5.97 Å². The first kappa shape index (κ1) is 23.1. The molecule has 0 radical (unpaired) electrons.